The van der Waals surface area contributed by atoms with Crippen molar-refractivity contribution in [2.24, 2.45) is 23.7 Å². The van der Waals surface area contributed by atoms with E-state index in [9.17, 15) is 8.78 Å². The maximum Gasteiger partial charge on any atom is 0.131 e. The first-order valence-corrected chi connectivity index (χ1v) is 14.2. The maximum absolute atomic E-state index is 13.7. The van der Waals surface area contributed by atoms with Crippen LogP contribution in [-0.2, 0) is 13.1 Å². The van der Waals surface area contributed by atoms with Gasteiger partial charge in [-0.25, -0.2) is 8.78 Å². The predicted molar refractivity (Wildman–Crippen MR) is 146 cm³/mol. The molecule has 178 valence electrons. The zero-order valence-corrected chi connectivity index (χ0v) is 23.0. The molecule has 4 nitrogen and oxygen atoms in total. The van der Waals surface area contributed by atoms with Crippen LogP contribution in [0.25, 0.3) is 21.8 Å². The van der Waals surface area contributed by atoms with E-state index in [1.54, 1.807) is 18.2 Å². The van der Waals surface area contributed by atoms with Gasteiger partial charge >= 0.3 is 0 Å². The molecule has 0 aliphatic heterocycles. The van der Waals surface area contributed by atoms with Crippen molar-refractivity contribution in [2.75, 3.05) is 0 Å². The van der Waals surface area contributed by atoms with Gasteiger partial charge in [-0.05, 0) is 144 Å². The molecule has 2 aliphatic carbocycles. The van der Waals surface area contributed by atoms with Crippen molar-refractivity contribution in [1.29, 1.82) is 0 Å². The van der Waals surface area contributed by atoms with Gasteiger partial charge in [0, 0.05) is 23.9 Å². The molecule has 0 bridgehead atoms. The van der Waals surface area contributed by atoms with Gasteiger partial charge in [0.25, 0.3) is 0 Å². The van der Waals surface area contributed by atoms with Crippen LogP contribution in [0, 0.1) is 42.7 Å². The van der Waals surface area contributed by atoms with Crippen LogP contribution in [0.2, 0.25) is 0 Å². The number of rotatable bonds is 5. The molecule has 0 amide bonds. The topological polar surface area (TPSA) is 35.6 Å². The molecule has 2 heterocycles. The van der Waals surface area contributed by atoms with Crippen LogP contribution in [-0.4, -0.2) is 19.6 Å². The van der Waals surface area contributed by atoms with Crippen LogP contribution < -0.4 is 0 Å². The maximum atomic E-state index is 13.7. The van der Waals surface area contributed by atoms with Crippen molar-refractivity contribution >= 4 is 67.0 Å². The third-order valence-corrected chi connectivity index (χ3v) is 9.93. The van der Waals surface area contributed by atoms with Crippen molar-refractivity contribution in [3.05, 3.63) is 55.4 Å². The zero-order valence-electron chi connectivity index (χ0n) is 18.7. The van der Waals surface area contributed by atoms with E-state index < -0.39 is 0 Å². The van der Waals surface area contributed by atoms with E-state index in [0.717, 1.165) is 54.1 Å². The molecular formula is C26H26F2I2N4. The molecule has 2 aromatic carbocycles. The molecule has 2 aliphatic rings. The number of hydrogen-bond acceptors (Lipinski definition) is 2. The van der Waals surface area contributed by atoms with Gasteiger partial charge in [0.1, 0.15) is 19.0 Å². The summed E-state index contributed by atoms with van der Waals surface area (Å²) in [5, 5.41) is 11.3. The van der Waals surface area contributed by atoms with Gasteiger partial charge in [0.2, 0.25) is 0 Å². The van der Waals surface area contributed by atoms with Crippen molar-refractivity contribution in [3.8, 4) is 0 Å². The first-order valence-electron chi connectivity index (χ1n) is 12.1. The van der Waals surface area contributed by atoms with Gasteiger partial charge in [-0.3, -0.25) is 9.36 Å². The Morgan fingerprint density at radius 2 is 1.38 bits per heavy atom. The highest BCUT2D eigenvalue weighted by molar-refractivity contribution is 14.1. The molecule has 2 fully saturated rings. The summed E-state index contributed by atoms with van der Waals surface area (Å²) in [6.07, 6.45) is 7.63. The summed E-state index contributed by atoms with van der Waals surface area (Å²) >= 11 is 4.52. The summed E-state index contributed by atoms with van der Waals surface area (Å²) in [5.41, 5.74) is 1.92. The summed E-state index contributed by atoms with van der Waals surface area (Å²) < 4.78 is 33.4. The standard InChI is InChI=1S/C26H26F2I2N4/c27-19-5-7-23-21(11-19)26(30)34(31-23)14-16-2-4-18(10-16)17-3-1-15(9-17)13-33-24-8-6-20(28)12-22(24)25(29)32-33/h5-8,11-12,15-18H,1-4,9-10,13-14H2. The highest BCUT2D eigenvalue weighted by Crippen LogP contribution is 2.45. The average Bonchev–Trinajstić information content (AvgIpc) is 3.58. The zero-order chi connectivity index (χ0) is 23.4. The first-order chi connectivity index (χ1) is 16.4. The minimum absolute atomic E-state index is 0.202. The molecule has 4 atom stereocenters. The quantitative estimate of drug-likeness (QED) is 0.205. The fourth-order valence-corrected chi connectivity index (χ4v) is 7.78. The van der Waals surface area contributed by atoms with Gasteiger partial charge in [-0.15, -0.1) is 0 Å². The first kappa shape index (κ1) is 23.1. The van der Waals surface area contributed by atoms with Crippen molar-refractivity contribution in [1.82, 2.24) is 19.6 Å². The molecule has 0 radical (unpaired) electrons. The molecule has 34 heavy (non-hydrogen) atoms. The lowest BCUT2D eigenvalue weighted by Gasteiger charge is -2.19. The van der Waals surface area contributed by atoms with Gasteiger partial charge in [-0.1, -0.05) is 0 Å². The Labute approximate surface area is 224 Å². The van der Waals surface area contributed by atoms with Crippen LogP contribution in [0.4, 0.5) is 8.78 Å². The second-order valence-corrected chi connectivity index (χ2v) is 12.2. The fraction of sp³-hybridized carbons (Fsp3) is 0.462. The Morgan fingerprint density at radius 3 is 2.09 bits per heavy atom. The second kappa shape index (κ2) is 9.29. The fourth-order valence-electron chi connectivity index (χ4n) is 6.35. The Hall–Kier alpha value is -1.30. The van der Waals surface area contributed by atoms with E-state index in [2.05, 4.69) is 54.5 Å². The summed E-state index contributed by atoms with van der Waals surface area (Å²) in [5.74, 6) is 2.46. The highest BCUT2D eigenvalue weighted by atomic mass is 127. The molecule has 6 rings (SSSR count). The number of halogens is 4. The van der Waals surface area contributed by atoms with E-state index in [-0.39, 0.29) is 11.6 Å². The van der Waals surface area contributed by atoms with Crippen LogP contribution in [0.1, 0.15) is 38.5 Å². The average molecular weight is 686 g/mol. The lowest BCUT2D eigenvalue weighted by atomic mass is 9.88. The van der Waals surface area contributed by atoms with E-state index in [1.165, 1.54) is 50.7 Å². The van der Waals surface area contributed by atoms with Gasteiger partial charge < -0.3 is 0 Å². The van der Waals surface area contributed by atoms with E-state index >= 15 is 0 Å². The van der Waals surface area contributed by atoms with Crippen molar-refractivity contribution in [3.63, 3.8) is 0 Å². The Bertz CT molecular complexity index is 1360. The van der Waals surface area contributed by atoms with Gasteiger partial charge in [-0.2, -0.15) is 10.2 Å². The number of aromatic nitrogens is 4. The molecule has 0 N–H and O–H groups in total. The van der Waals surface area contributed by atoms with Crippen molar-refractivity contribution < 1.29 is 8.78 Å². The molecular weight excluding hydrogens is 660 g/mol. The predicted octanol–water partition coefficient (Wildman–Crippen LogP) is 7.41. The summed E-state index contributed by atoms with van der Waals surface area (Å²) in [6.45, 7) is 1.85. The van der Waals surface area contributed by atoms with E-state index in [0.29, 0.717) is 11.8 Å². The Balaban J connectivity index is 1.08. The van der Waals surface area contributed by atoms with E-state index in [4.69, 9.17) is 10.2 Å². The SMILES string of the molecule is Fc1ccc2nn(CC3CCC(C4CCC(Cn5nc(I)c6cc(F)ccc65)C4)C3)c(I)c2c1. The van der Waals surface area contributed by atoms with Crippen LogP contribution in [0.3, 0.4) is 0 Å². The molecule has 0 saturated heterocycles. The molecule has 4 unspecified atom stereocenters. The minimum Gasteiger partial charge on any atom is -0.264 e. The van der Waals surface area contributed by atoms with E-state index in [1.807, 2.05) is 6.07 Å². The normalized spacial score (nSPS) is 25.2. The smallest absolute Gasteiger partial charge is 0.131 e. The van der Waals surface area contributed by atoms with Gasteiger partial charge in [0.15, 0.2) is 0 Å². The third kappa shape index (κ3) is 4.37. The Morgan fingerprint density at radius 1 is 0.765 bits per heavy atom. The Kier molecular flexibility index (Phi) is 6.32. The molecule has 0 spiro atoms. The summed E-state index contributed by atoms with van der Waals surface area (Å²) in [4.78, 5) is 0. The number of hydrogen-bond donors (Lipinski definition) is 0. The van der Waals surface area contributed by atoms with Crippen LogP contribution in [0.15, 0.2) is 36.4 Å². The van der Waals surface area contributed by atoms with Gasteiger partial charge in [0.05, 0.1) is 11.0 Å². The number of nitrogens with zero attached hydrogens (tertiary/aromatic N) is 4. The minimum atomic E-state index is -0.202. The van der Waals surface area contributed by atoms with Crippen molar-refractivity contribution in [2.45, 2.75) is 51.6 Å². The molecule has 2 saturated carbocycles. The number of benzene rings is 2. The monoisotopic (exact) mass is 686 g/mol. The van der Waals surface area contributed by atoms with Crippen LogP contribution in [0.5, 0.6) is 0 Å². The highest BCUT2D eigenvalue weighted by Gasteiger charge is 2.36. The number of fused-ring (bicyclic) bond motifs is 2. The summed E-state index contributed by atoms with van der Waals surface area (Å²) in [7, 11) is 0. The van der Waals surface area contributed by atoms with Crippen LogP contribution >= 0.6 is 45.2 Å². The molecule has 2 aromatic heterocycles. The lowest BCUT2D eigenvalue weighted by Crippen LogP contribution is -2.14. The molecule has 4 aromatic rings. The largest absolute Gasteiger partial charge is 0.264 e. The molecule has 8 heteroatoms. The third-order valence-electron chi connectivity index (χ3n) is 8.00. The summed E-state index contributed by atoms with van der Waals surface area (Å²) in [6, 6.07) is 9.85. The second-order valence-electron chi connectivity index (χ2n) is 10.1. The lowest BCUT2D eigenvalue weighted by molar-refractivity contribution is 0.307.